The summed E-state index contributed by atoms with van der Waals surface area (Å²) in [6.45, 7) is 2.60. The molecule has 1 spiro atoms. The van der Waals surface area contributed by atoms with Crippen LogP contribution < -0.4 is 10.6 Å². The van der Waals surface area contributed by atoms with Crippen molar-refractivity contribution in [2.45, 2.75) is 24.3 Å². The van der Waals surface area contributed by atoms with E-state index in [-0.39, 0.29) is 11.4 Å². The number of anilines is 2. The average Bonchev–Trinajstić information content (AvgIpc) is 3.50. The first-order valence-corrected chi connectivity index (χ1v) is 11.4. The molecule has 8 heteroatoms. The second-order valence-corrected chi connectivity index (χ2v) is 9.68. The van der Waals surface area contributed by atoms with Gasteiger partial charge in [-0.15, -0.1) is 22.7 Å². The third-order valence-electron chi connectivity index (χ3n) is 6.12. The minimum Gasteiger partial charge on any atom is -0.379 e. The van der Waals surface area contributed by atoms with E-state index in [4.69, 9.17) is 4.74 Å². The minimum atomic E-state index is -0.274. The van der Waals surface area contributed by atoms with Gasteiger partial charge in [0.15, 0.2) is 0 Å². The Morgan fingerprint density at radius 3 is 3.10 bits per heavy atom. The van der Waals surface area contributed by atoms with Gasteiger partial charge in [0.25, 0.3) is 0 Å². The number of thiophene rings is 1. The van der Waals surface area contributed by atoms with E-state index in [9.17, 15) is 4.39 Å². The fourth-order valence-electron chi connectivity index (χ4n) is 4.63. The number of hydrogen-bond acceptors (Lipinski definition) is 7. The highest BCUT2D eigenvalue weighted by Gasteiger charge is 2.46. The molecule has 0 bridgehead atoms. The van der Waals surface area contributed by atoms with Crippen LogP contribution in [0.3, 0.4) is 0 Å². The van der Waals surface area contributed by atoms with Crippen LogP contribution >= 0.6 is 22.7 Å². The molecule has 0 aliphatic carbocycles. The second kappa shape index (κ2) is 6.70. The van der Waals surface area contributed by atoms with Crippen LogP contribution in [0.1, 0.15) is 23.6 Å². The number of pyridine rings is 1. The largest absolute Gasteiger partial charge is 0.379 e. The Morgan fingerprint density at radius 2 is 2.21 bits per heavy atom. The maximum absolute atomic E-state index is 14.6. The van der Waals surface area contributed by atoms with Crippen LogP contribution in [-0.2, 0) is 4.74 Å². The first-order valence-electron chi connectivity index (χ1n) is 9.73. The lowest BCUT2D eigenvalue weighted by Gasteiger charge is -2.28. The highest BCUT2D eigenvalue weighted by Crippen LogP contribution is 2.45. The van der Waals surface area contributed by atoms with Crippen molar-refractivity contribution in [3.05, 3.63) is 46.7 Å². The molecule has 0 radical (unpaired) electrons. The van der Waals surface area contributed by atoms with Crippen LogP contribution in [0.15, 0.2) is 36.0 Å². The maximum Gasteiger partial charge on any atom is 0.148 e. The lowest BCUT2D eigenvalue weighted by molar-refractivity contribution is 0.168. The van der Waals surface area contributed by atoms with Gasteiger partial charge in [-0.3, -0.25) is 0 Å². The summed E-state index contributed by atoms with van der Waals surface area (Å²) < 4.78 is 21.2. The van der Waals surface area contributed by atoms with Crippen molar-refractivity contribution in [2.75, 3.05) is 25.1 Å². The molecule has 3 aromatic heterocycles. The van der Waals surface area contributed by atoms with Gasteiger partial charge in [0.1, 0.15) is 10.6 Å². The fourth-order valence-corrected chi connectivity index (χ4v) is 6.59. The summed E-state index contributed by atoms with van der Waals surface area (Å²) in [5.41, 5.74) is 3.90. The smallest absolute Gasteiger partial charge is 0.148 e. The molecule has 5 heterocycles. The van der Waals surface area contributed by atoms with Crippen molar-refractivity contribution in [1.29, 1.82) is 0 Å². The van der Waals surface area contributed by atoms with E-state index in [1.54, 1.807) is 35.2 Å². The molecule has 1 aromatic carbocycles. The Kier molecular flexibility index (Phi) is 4.09. The van der Waals surface area contributed by atoms with Crippen molar-refractivity contribution in [2.24, 2.45) is 0 Å². The van der Waals surface area contributed by atoms with E-state index in [1.165, 1.54) is 16.2 Å². The first kappa shape index (κ1) is 17.7. The lowest BCUT2D eigenvalue weighted by atomic mass is 9.83. The van der Waals surface area contributed by atoms with Crippen molar-refractivity contribution in [1.82, 2.24) is 15.3 Å². The monoisotopic (exact) mass is 426 g/mol. The summed E-state index contributed by atoms with van der Waals surface area (Å²) in [4.78, 5) is 11.2. The number of nitrogens with zero attached hydrogens (tertiary/aromatic N) is 2. The molecular formula is C21H19FN4OS2. The predicted octanol–water partition coefficient (Wildman–Crippen LogP) is 5.02. The van der Waals surface area contributed by atoms with E-state index in [1.807, 2.05) is 6.07 Å². The van der Waals surface area contributed by atoms with Crippen molar-refractivity contribution in [3.8, 4) is 0 Å². The van der Waals surface area contributed by atoms with Crippen LogP contribution in [0.5, 0.6) is 0 Å². The maximum atomic E-state index is 14.6. The Labute approximate surface area is 174 Å². The SMILES string of the molecule is Fc1cc2scnc2cc1Nc1ccnc2sc([C@H]3CCN[C@]34CCOC4)cc12. The van der Waals surface area contributed by atoms with Crippen LogP contribution in [0.2, 0.25) is 0 Å². The van der Waals surface area contributed by atoms with Crippen LogP contribution in [0.25, 0.3) is 20.4 Å². The topological polar surface area (TPSA) is 59.1 Å². The van der Waals surface area contributed by atoms with Gasteiger partial charge in [0.05, 0.1) is 39.2 Å². The predicted molar refractivity (Wildman–Crippen MR) is 116 cm³/mol. The van der Waals surface area contributed by atoms with Gasteiger partial charge in [-0.25, -0.2) is 14.4 Å². The molecule has 6 rings (SSSR count). The lowest BCUT2D eigenvalue weighted by Crippen LogP contribution is -2.44. The van der Waals surface area contributed by atoms with Crippen molar-refractivity contribution >= 4 is 54.5 Å². The summed E-state index contributed by atoms with van der Waals surface area (Å²) in [6.07, 6.45) is 3.93. The zero-order chi connectivity index (χ0) is 19.4. The summed E-state index contributed by atoms with van der Waals surface area (Å²) in [7, 11) is 0. The summed E-state index contributed by atoms with van der Waals surface area (Å²) in [5.74, 6) is 0.157. The molecule has 2 atom stereocenters. The normalized spacial score (nSPS) is 24.2. The van der Waals surface area contributed by atoms with Gasteiger partial charge in [0, 0.05) is 29.0 Å². The van der Waals surface area contributed by atoms with Gasteiger partial charge in [0.2, 0.25) is 0 Å². The average molecular weight is 427 g/mol. The molecule has 5 nitrogen and oxygen atoms in total. The quantitative estimate of drug-likeness (QED) is 0.481. The Balaban J connectivity index is 1.39. The van der Waals surface area contributed by atoms with E-state index < -0.39 is 0 Å². The number of nitrogens with one attached hydrogen (secondary N) is 2. The summed E-state index contributed by atoms with van der Waals surface area (Å²) >= 11 is 3.18. The van der Waals surface area contributed by atoms with Crippen LogP contribution in [-0.4, -0.2) is 35.3 Å². The highest BCUT2D eigenvalue weighted by molar-refractivity contribution is 7.18. The van der Waals surface area contributed by atoms with E-state index in [0.717, 1.165) is 58.7 Å². The van der Waals surface area contributed by atoms with E-state index in [0.29, 0.717) is 11.6 Å². The Hall–Kier alpha value is -2.13. The molecule has 2 aliphatic heterocycles. The summed E-state index contributed by atoms with van der Waals surface area (Å²) in [6, 6.07) is 7.45. The van der Waals surface area contributed by atoms with E-state index >= 15 is 0 Å². The molecule has 0 saturated carbocycles. The number of rotatable bonds is 3. The van der Waals surface area contributed by atoms with Crippen molar-refractivity contribution in [3.63, 3.8) is 0 Å². The number of benzene rings is 1. The molecule has 2 fully saturated rings. The number of hydrogen-bond donors (Lipinski definition) is 2. The van der Waals surface area contributed by atoms with Gasteiger partial charge < -0.3 is 15.4 Å². The number of thiazole rings is 1. The molecule has 0 unspecified atom stereocenters. The second-order valence-electron chi connectivity index (χ2n) is 7.73. The number of aromatic nitrogens is 2. The molecular weight excluding hydrogens is 407 g/mol. The fraction of sp³-hybridized carbons (Fsp3) is 0.333. The minimum absolute atomic E-state index is 0.0518. The number of halogens is 1. The molecule has 2 aliphatic rings. The van der Waals surface area contributed by atoms with Crippen molar-refractivity contribution < 1.29 is 9.13 Å². The Morgan fingerprint density at radius 1 is 1.24 bits per heavy atom. The molecule has 0 amide bonds. The van der Waals surface area contributed by atoms with Crippen LogP contribution in [0.4, 0.5) is 15.8 Å². The molecule has 2 N–H and O–H groups in total. The van der Waals surface area contributed by atoms with Crippen LogP contribution in [0, 0.1) is 5.82 Å². The van der Waals surface area contributed by atoms with Gasteiger partial charge >= 0.3 is 0 Å². The third kappa shape index (κ3) is 2.85. The standard InChI is InChI=1S/C21H19FN4OS2/c22-14-8-19-17(24-11-28-19)9-16(14)26-15-2-4-23-20-12(15)7-18(29-20)13-1-5-25-21(13)3-6-27-10-21/h2,4,7-9,11,13,25H,1,3,5-6,10H2,(H,23,26)/t13-,21+/m1/s1. The number of fused-ring (bicyclic) bond motifs is 2. The number of ether oxygens (including phenoxy) is 1. The zero-order valence-corrected chi connectivity index (χ0v) is 17.2. The van der Waals surface area contributed by atoms with Gasteiger partial charge in [-0.05, 0) is 43.7 Å². The molecule has 148 valence electrons. The highest BCUT2D eigenvalue weighted by atomic mass is 32.1. The zero-order valence-electron chi connectivity index (χ0n) is 15.6. The van der Waals surface area contributed by atoms with E-state index in [2.05, 4.69) is 26.7 Å². The van der Waals surface area contributed by atoms with Gasteiger partial charge in [-0.2, -0.15) is 0 Å². The first-order chi connectivity index (χ1) is 14.2. The van der Waals surface area contributed by atoms with Gasteiger partial charge in [-0.1, -0.05) is 0 Å². The molecule has 4 aromatic rings. The molecule has 2 saturated heterocycles. The summed E-state index contributed by atoms with van der Waals surface area (Å²) in [5, 5.41) is 8.00. The molecule has 29 heavy (non-hydrogen) atoms. The Bertz CT molecular complexity index is 1210. The third-order valence-corrected chi connectivity index (χ3v) is 8.07.